The van der Waals surface area contributed by atoms with Crippen molar-refractivity contribution in [2.24, 2.45) is 0 Å². The van der Waals surface area contributed by atoms with Crippen LogP contribution < -0.4 is 5.32 Å². The van der Waals surface area contributed by atoms with Crippen LogP contribution >= 0.6 is 0 Å². The van der Waals surface area contributed by atoms with Gasteiger partial charge in [-0.15, -0.1) is 10.2 Å². The van der Waals surface area contributed by atoms with Gasteiger partial charge in [-0.05, 0) is 32.6 Å². The molecule has 1 N–H and O–H groups in total. The second-order valence-corrected chi connectivity index (χ2v) is 7.27. The fourth-order valence-corrected chi connectivity index (χ4v) is 3.92. The van der Waals surface area contributed by atoms with Crippen molar-refractivity contribution in [2.75, 3.05) is 13.1 Å². The first-order valence-electron chi connectivity index (χ1n) is 9.61. The highest BCUT2D eigenvalue weighted by Crippen LogP contribution is 2.31. The third-order valence-electron chi connectivity index (χ3n) is 5.36. The zero-order valence-corrected chi connectivity index (χ0v) is 15.1. The van der Waals surface area contributed by atoms with E-state index >= 15 is 0 Å². The first-order valence-corrected chi connectivity index (χ1v) is 9.61. The Kier molecular flexibility index (Phi) is 6.04. The van der Waals surface area contributed by atoms with E-state index in [2.05, 4.69) is 20.1 Å². The summed E-state index contributed by atoms with van der Waals surface area (Å²) in [6.45, 7) is 3.23. The lowest BCUT2D eigenvalue weighted by Gasteiger charge is -2.21. The van der Waals surface area contributed by atoms with Crippen LogP contribution in [0.3, 0.4) is 0 Å². The SMILES string of the molecule is C[C@H](NC(=O)CCN1CCCCCC1=O)c1nncn1C1CCCC1. The molecule has 25 heavy (non-hydrogen) atoms. The molecule has 7 nitrogen and oxygen atoms in total. The Hall–Kier alpha value is -1.92. The summed E-state index contributed by atoms with van der Waals surface area (Å²) >= 11 is 0. The summed E-state index contributed by atoms with van der Waals surface area (Å²) < 4.78 is 2.12. The third-order valence-corrected chi connectivity index (χ3v) is 5.36. The maximum Gasteiger partial charge on any atom is 0.222 e. The minimum Gasteiger partial charge on any atom is -0.346 e. The molecule has 0 radical (unpaired) electrons. The van der Waals surface area contributed by atoms with Crippen LogP contribution in [-0.2, 0) is 9.59 Å². The second kappa shape index (κ2) is 8.45. The lowest BCUT2D eigenvalue weighted by Crippen LogP contribution is -2.36. The summed E-state index contributed by atoms with van der Waals surface area (Å²) in [5.74, 6) is 0.968. The van der Waals surface area contributed by atoms with Crippen molar-refractivity contribution in [1.82, 2.24) is 25.0 Å². The van der Waals surface area contributed by atoms with Gasteiger partial charge < -0.3 is 14.8 Å². The standard InChI is InChI=1S/C18H29N5O2/c1-14(18-21-19-13-23(18)15-7-4-5-8-15)20-16(24)10-12-22-11-6-2-3-9-17(22)25/h13-15H,2-12H2,1H3,(H,20,24)/t14-/m0/s1. The van der Waals surface area contributed by atoms with E-state index in [-0.39, 0.29) is 17.9 Å². The largest absolute Gasteiger partial charge is 0.346 e. The number of aromatic nitrogens is 3. The van der Waals surface area contributed by atoms with E-state index in [1.54, 1.807) is 6.33 Å². The van der Waals surface area contributed by atoms with Crippen molar-refractivity contribution >= 4 is 11.8 Å². The summed E-state index contributed by atoms with van der Waals surface area (Å²) in [5, 5.41) is 11.3. The molecule has 2 fully saturated rings. The molecular weight excluding hydrogens is 318 g/mol. The maximum absolute atomic E-state index is 12.3. The molecule has 1 aliphatic heterocycles. The number of nitrogens with zero attached hydrogens (tertiary/aromatic N) is 4. The van der Waals surface area contributed by atoms with E-state index in [0.717, 1.165) is 44.5 Å². The first kappa shape index (κ1) is 17.9. The van der Waals surface area contributed by atoms with Crippen LogP contribution in [-0.4, -0.2) is 44.6 Å². The van der Waals surface area contributed by atoms with E-state index in [9.17, 15) is 9.59 Å². The van der Waals surface area contributed by atoms with Crippen LogP contribution in [0.5, 0.6) is 0 Å². The molecule has 0 unspecified atom stereocenters. The van der Waals surface area contributed by atoms with Crippen molar-refractivity contribution in [3.05, 3.63) is 12.2 Å². The lowest BCUT2D eigenvalue weighted by atomic mass is 10.2. The molecule has 138 valence electrons. The summed E-state index contributed by atoms with van der Waals surface area (Å²) in [6.07, 6.45) is 10.6. The van der Waals surface area contributed by atoms with Gasteiger partial charge in [-0.2, -0.15) is 0 Å². The van der Waals surface area contributed by atoms with E-state index in [1.165, 1.54) is 12.8 Å². The van der Waals surface area contributed by atoms with Gasteiger partial charge in [0.05, 0.1) is 6.04 Å². The lowest BCUT2D eigenvalue weighted by molar-refractivity contribution is -0.131. The van der Waals surface area contributed by atoms with Crippen molar-refractivity contribution in [2.45, 2.75) is 76.8 Å². The second-order valence-electron chi connectivity index (χ2n) is 7.27. The van der Waals surface area contributed by atoms with Crippen LogP contribution in [0.15, 0.2) is 6.33 Å². The Balaban J connectivity index is 1.51. The molecule has 1 saturated heterocycles. The minimum atomic E-state index is -0.171. The summed E-state index contributed by atoms with van der Waals surface area (Å²) in [5.41, 5.74) is 0. The predicted molar refractivity (Wildman–Crippen MR) is 93.7 cm³/mol. The molecule has 0 bridgehead atoms. The predicted octanol–water partition coefficient (Wildman–Crippen LogP) is 2.36. The Bertz CT molecular complexity index is 594. The van der Waals surface area contributed by atoms with Gasteiger partial charge in [-0.25, -0.2) is 0 Å². The van der Waals surface area contributed by atoms with Gasteiger partial charge in [0.1, 0.15) is 6.33 Å². The Morgan fingerprint density at radius 2 is 2.08 bits per heavy atom. The van der Waals surface area contributed by atoms with Gasteiger partial charge >= 0.3 is 0 Å². The topological polar surface area (TPSA) is 80.1 Å². The van der Waals surface area contributed by atoms with Gasteiger partial charge in [0.2, 0.25) is 11.8 Å². The summed E-state index contributed by atoms with van der Waals surface area (Å²) in [7, 11) is 0. The molecule has 2 amide bonds. The van der Waals surface area contributed by atoms with E-state index < -0.39 is 0 Å². The van der Waals surface area contributed by atoms with Crippen molar-refractivity contribution < 1.29 is 9.59 Å². The van der Waals surface area contributed by atoms with E-state index in [0.29, 0.717) is 25.4 Å². The number of rotatable bonds is 6. The van der Waals surface area contributed by atoms with Gasteiger partial charge in [0.15, 0.2) is 5.82 Å². The zero-order chi connectivity index (χ0) is 17.6. The quantitative estimate of drug-likeness (QED) is 0.857. The van der Waals surface area contributed by atoms with Crippen molar-refractivity contribution in [1.29, 1.82) is 0 Å². The number of hydrogen-bond acceptors (Lipinski definition) is 4. The van der Waals surface area contributed by atoms with Crippen LogP contribution in [0.2, 0.25) is 0 Å². The number of amides is 2. The highest BCUT2D eigenvalue weighted by Gasteiger charge is 2.24. The van der Waals surface area contributed by atoms with Crippen LogP contribution in [0.25, 0.3) is 0 Å². The van der Waals surface area contributed by atoms with Crippen LogP contribution in [0.4, 0.5) is 0 Å². The van der Waals surface area contributed by atoms with Crippen LogP contribution in [0, 0.1) is 0 Å². The molecule has 2 heterocycles. The number of hydrogen-bond donors (Lipinski definition) is 1. The molecule has 1 aromatic rings. The summed E-state index contributed by atoms with van der Waals surface area (Å²) in [4.78, 5) is 26.1. The Morgan fingerprint density at radius 3 is 2.88 bits per heavy atom. The third kappa shape index (κ3) is 4.58. The molecule has 3 rings (SSSR count). The average molecular weight is 347 g/mol. The van der Waals surface area contributed by atoms with Crippen LogP contribution in [0.1, 0.15) is 82.6 Å². The molecule has 0 spiro atoms. The first-order chi connectivity index (χ1) is 12.1. The number of carbonyl (C=O) groups is 2. The molecule has 1 atom stereocenters. The van der Waals surface area contributed by atoms with Gasteiger partial charge in [-0.1, -0.05) is 19.3 Å². The van der Waals surface area contributed by atoms with Gasteiger partial charge in [0.25, 0.3) is 0 Å². The molecular formula is C18H29N5O2. The molecule has 1 saturated carbocycles. The van der Waals surface area contributed by atoms with Crippen molar-refractivity contribution in [3.8, 4) is 0 Å². The van der Waals surface area contributed by atoms with E-state index in [4.69, 9.17) is 0 Å². The minimum absolute atomic E-state index is 0.0366. The van der Waals surface area contributed by atoms with E-state index in [1.807, 2.05) is 11.8 Å². The maximum atomic E-state index is 12.3. The smallest absolute Gasteiger partial charge is 0.222 e. The number of likely N-dealkylation sites (tertiary alicyclic amines) is 1. The Morgan fingerprint density at radius 1 is 1.28 bits per heavy atom. The number of nitrogens with one attached hydrogen (secondary N) is 1. The zero-order valence-electron chi connectivity index (χ0n) is 15.1. The van der Waals surface area contributed by atoms with Gasteiger partial charge in [0, 0.05) is 32.0 Å². The molecule has 7 heteroatoms. The van der Waals surface area contributed by atoms with Crippen molar-refractivity contribution in [3.63, 3.8) is 0 Å². The monoisotopic (exact) mass is 347 g/mol. The molecule has 0 aromatic carbocycles. The summed E-state index contributed by atoms with van der Waals surface area (Å²) in [6, 6.07) is 0.287. The fraction of sp³-hybridized carbons (Fsp3) is 0.778. The number of carbonyl (C=O) groups excluding carboxylic acids is 2. The normalized spacial score (nSPS) is 20.5. The molecule has 1 aromatic heterocycles. The molecule has 1 aliphatic carbocycles. The highest BCUT2D eigenvalue weighted by atomic mass is 16.2. The average Bonchev–Trinajstić information content (AvgIpc) is 3.23. The highest BCUT2D eigenvalue weighted by molar-refractivity contribution is 5.79. The Labute approximate surface area is 149 Å². The molecule has 2 aliphatic rings. The van der Waals surface area contributed by atoms with Gasteiger partial charge in [-0.3, -0.25) is 9.59 Å². The fourth-order valence-electron chi connectivity index (χ4n) is 3.92.